The molecule has 0 radical (unpaired) electrons. The fraction of sp³-hybridized carbons (Fsp3) is 0.375. The Labute approximate surface area is 138 Å². The smallest absolute Gasteiger partial charge is 0.123 e. The summed E-state index contributed by atoms with van der Waals surface area (Å²) in [6, 6.07) is 7.49. The summed E-state index contributed by atoms with van der Waals surface area (Å²) in [6.07, 6.45) is 0. The second-order valence-electron chi connectivity index (χ2n) is 5.42. The van der Waals surface area contributed by atoms with Crippen molar-refractivity contribution in [3.8, 4) is 0 Å². The van der Waals surface area contributed by atoms with Gasteiger partial charge in [-0.15, -0.1) is 11.3 Å². The molecule has 0 atom stereocenters. The minimum atomic E-state index is -0.189. The van der Waals surface area contributed by atoms with Gasteiger partial charge in [0.2, 0.25) is 0 Å². The van der Waals surface area contributed by atoms with E-state index in [0.29, 0.717) is 12.6 Å². The molecule has 21 heavy (non-hydrogen) atoms. The summed E-state index contributed by atoms with van der Waals surface area (Å²) in [5.41, 5.74) is 3.30. The third kappa shape index (κ3) is 4.80. The molecule has 5 heteroatoms. The van der Waals surface area contributed by atoms with Crippen molar-refractivity contribution in [1.29, 1.82) is 0 Å². The molecule has 0 unspecified atom stereocenters. The molecular weight excluding hydrogens is 351 g/mol. The normalized spacial score (nSPS) is 11.1. The summed E-state index contributed by atoms with van der Waals surface area (Å²) < 4.78 is 14.6. The van der Waals surface area contributed by atoms with Gasteiger partial charge < -0.3 is 10.2 Å². The van der Waals surface area contributed by atoms with Gasteiger partial charge in [0.05, 0.1) is 3.79 Å². The molecular formula is C16H20BrFN2S. The zero-order chi connectivity index (χ0) is 15.4. The van der Waals surface area contributed by atoms with Crippen molar-refractivity contribution < 1.29 is 4.39 Å². The first-order chi connectivity index (χ1) is 9.95. The van der Waals surface area contributed by atoms with E-state index in [2.05, 4.69) is 51.4 Å². The first-order valence-electron chi connectivity index (χ1n) is 6.91. The Hall–Kier alpha value is -0.910. The predicted octanol–water partition coefficient (Wildman–Crippen LogP) is 4.78. The molecule has 0 aliphatic heterocycles. The molecule has 0 fully saturated rings. The van der Waals surface area contributed by atoms with Crippen LogP contribution in [0.15, 0.2) is 33.4 Å². The largest absolute Gasteiger partial charge is 0.370 e. The lowest BCUT2D eigenvalue weighted by molar-refractivity contribution is 0.581. The molecule has 0 saturated heterocycles. The molecule has 2 nitrogen and oxygen atoms in total. The highest BCUT2D eigenvalue weighted by Crippen LogP contribution is 2.26. The van der Waals surface area contributed by atoms with E-state index in [0.717, 1.165) is 21.6 Å². The minimum Gasteiger partial charge on any atom is -0.370 e. The van der Waals surface area contributed by atoms with Crippen molar-refractivity contribution in [2.75, 3.05) is 11.9 Å². The molecule has 2 aromatic rings. The number of rotatable bonds is 6. The van der Waals surface area contributed by atoms with Crippen LogP contribution in [-0.4, -0.2) is 13.1 Å². The Balaban J connectivity index is 2.16. The Morgan fingerprint density at radius 3 is 2.71 bits per heavy atom. The molecule has 0 saturated carbocycles. The van der Waals surface area contributed by atoms with Crippen molar-refractivity contribution in [2.45, 2.75) is 33.0 Å². The van der Waals surface area contributed by atoms with E-state index in [1.165, 1.54) is 11.6 Å². The molecule has 1 aromatic heterocycles. The van der Waals surface area contributed by atoms with E-state index < -0.39 is 0 Å². The zero-order valence-corrected chi connectivity index (χ0v) is 14.9. The average Bonchev–Trinajstić information content (AvgIpc) is 2.81. The van der Waals surface area contributed by atoms with Gasteiger partial charge in [0.1, 0.15) is 5.82 Å². The van der Waals surface area contributed by atoms with Crippen LogP contribution in [0.25, 0.3) is 0 Å². The number of nitrogens with one attached hydrogen (secondary N) is 1. The number of thiophene rings is 1. The van der Waals surface area contributed by atoms with Gasteiger partial charge in [0.25, 0.3) is 0 Å². The highest BCUT2D eigenvalue weighted by molar-refractivity contribution is 9.11. The van der Waals surface area contributed by atoms with Gasteiger partial charge in [-0.2, -0.15) is 0 Å². The second kappa shape index (κ2) is 7.38. The van der Waals surface area contributed by atoms with Crippen LogP contribution in [0.1, 0.15) is 25.0 Å². The van der Waals surface area contributed by atoms with Crippen LogP contribution in [0, 0.1) is 5.82 Å². The second-order valence-corrected chi connectivity index (χ2v) is 7.71. The van der Waals surface area contributed by atoms with Gasteiger partial charge >= 0.3 is 0 Å². The van der Waals surface area contributed by atoms with Crippen molar-refractivity contribution in [2.24, 2.45) is 0 Å². The fourth-order valence-corrected chi connectivity index (χ4v) is 3.37. The van der Waals surface area contributed by atoms with Gasteiger partial charge in [0, 0.05) is 31.9 Å². The van der Waals surface area contributed by atoms with Crippen molar-refractivity contribution in [1.82, 2.24) is 5.32 Å². The summed E-state index contributed by atoms with van der Waals surface area (Å²) >= 11 is 5.16. The van der Waals surface area contributed by atoms with Crippen LogP contribution in [-0.2, 0) is 13.1 Å². The number of hydrogen-bond acceptors (Lipinski definition) is 3. The monoisotopic (exact) mass is 370 g/mol. The molecule has 0 bridgehead atoms. The quantitative estimate of drug-likeness (QED) is 0.786. The molecule has 1 N–H and O–H groups in total. The number of benzene rings is 1. The van der Waals surface area contributed by atoms with Gasteiger partial charge in [-0.05, 0) is 56.7 Å². The summed E-state index contributed by atoms with van der Waals surface area (Å²) in [4.78, 5) is 2.16. The van der Waals surface area contributed by atoms with Gasteiger partial charge in [-0.3, -0.25) is 0 Å². The lowest BCUT2D eigenvalue weighted by Gasteiger charge is -2.23. The summed E-state index contributed by atoms with van der Waals surface area (Å²) in [5, 5.41) is 5.49. The molecule has 0 amide bonds. The van der Waals surface area contributed by atoms with Gasteiger partial charge in [-0.1, -0.05) is 13.8 Å². The number of nitrogens with zero attached hydrogens (tertiary/aromatic N) is 1. The first-order valence-corrected chi connectivity index (χ1v) is 8.59. The molecule has 1 aromatic carbocycles. The van der Waals surface area contributed by atoms with Crippen molar-refractivity contribution in [3.63, 3.8) is 0 Å². The molecule has 1 heterocycles. The number of hydrogen-bond donors (Lipinski definition) is 1. The number of halogens is 2. The Kier molecular flexibility index (Phi) is 5.79. The fourth-order valence-electron chi connectivity index (χ4n) is 2.17. The molecule has 0 aliphatic carbocycles. The van der Waals surface area contributed by atoms with Crippen LogP contribution in [0.3, 0.4) is 0 Å². The summed E-state index contributed by atoms with van der Waals surface area (Å²) in [5.74, 6) is -0.189. The van der Waals surface area contributed by atoms with Crippen LogP contribution in [0.5, 0.6) is 0 Å². The highest BCUT2D eigenvalue weighted by Gasteiger charge is 2.10. The Bertz CT molecular complexity index is 598. The zero-order valence-electron chi connectivity index (χ0n) is 12.5. The van der Waals surface area contributed by atoms with E-state index in [1.54, 1.807) is 17.4 Å². The summed E-state index contributed by atoms with van der Waals surface area (Å²) in [7, 11) is 2.04. The van der Waals surface area contributed by atoms with Crippen LogP contribution in [0.4, 0.5) is 10.1 Å². The van der Waals surface area contributed by atoms with E-state index in [4.69, 9.17) is 0 Å². The van der Waals surface area contributed by atoms with E-state index in [1.807, 2.05) is 13.1 Å². The van der Waals surface area contributed by atoms with E-state index in [9.17, 15) is 4.39 Å². The number of anilines is 1. The maximum atomic E-state index is 13.5. The molecule has 0 spiro atoms. The van der Waals surface area contributed by atoms with Gasteiger partial charge in [-0.25, -0.2) is 4.39 Å². The molecule has 114 valence electrons. The van der Waals surface area contributed by atoms with Crippen LogP contribution < -0.4 is 10.2 Å². The van der Waals surface area contributed by atoms with Crippen molar-refractivity contribution >= 4 is 33.0 Å². The van der Waals surface area contributed by atoms with Crippen LogP contribution in [0.2, 0.25) is 0 Å². The topological polar surface area (TPSA) is 15.3 Å². The summed E-state index contributed by atoms with van der Waals surface area (Å²) in [6.45, 7) is 5.65. The van der Waals surface area contributed by atoms with E-state index >= 15 is 0 Å². The molecule has 0 aliphatic rings. The predicted molar refractivity (Wildman–Crippen MR) is 92.5 cm³/mol. The lowest BCUT2D eigenvalue weighted by atomic mass is 10.1. The third-order valence-corrected chi connectivity index (χ3v) is 4.75. The maximum Gasteiger partial charge on any atom is 0.123 e. The Morgan fingerprint density at radius 2 is 2.10 bits per heavy atom. The van der Waals surface area contributed by atoms with Crippen LogP contribution >= 0.6 is 27.3 Å². The molecule has 2 rings (SSSR count). The van der Waals surface area contributed by atoms with E-state index in [-0.39, 0.29) is 5.82 Å². The standard InChI is InChI=1S/C16H20BrFN2S/c1-11(2)19-8-13-7-14(18)4-5-15(13)20(3)9-12-6-16(17)21-10-12/h4-7,10-11,19H,8-9H2,1-3H3. The minimum absolute atomic E-state index is 0.189. The maximum absolute atomic E-state index is 13.5. The highest BCUT2D eigenvalue weighted by atomic mass is 79.9. The third-order valence-electron chi connectivity index (χ3n) is 3.20. The SMILES string of the molecule is CC(C)NCc1cc(F)ccc1N(C)Cc1csc(Br)c1. The Morgan fingerprint density at radius 1 is 1.33 bits per heavy atom. The lowest BCUT2D eigenvalue weighted by Crippen LogP contribution is -2.24. The van der Waals surface area contributed by atoms with Crippen molar-refractivity contribution in [3.05, 3.63) is 50.4 Å². The average molecular weight is 371 g/mol. The first kappa shape index (κ1) is 16.5. The van der Waals surface area contributed by atoms with Gasteiger partial charge in [0.15, 0.2) is 0 Å².